The third kappa shape index (κ3) is 8.90. The minimum absolute atomic E-state index is 0.0951. The van der Waals surface area contributed by atoms with Gasteiger partial charge in [-0.05, 0) is 63.5 Å². The van der Waals surface area contributed by atoms with Crippen LogP contribution in [0.3, 0.4) is 0 Å². The fourth-order valence-corrected chi connectivity index (χ4v) is 4.17. The Morgan fingerprint density at radius 2 is 1.97 bits per heavy atom. The van der Waals surface area contributed by atoms with Crippen LogP contribution in [0, 0.1) is 30.1 Å². The Morgan fingerprint density at radius 1 is 1.23 bits per heavy atom. The number of hydrogen-bond acceptors (Lipinski definition) is 5. The van der Waals surface area contributed by atoms with E-state index >= 15 is 0 Å². The number of terminal acetylenes is 1. The molecule has 2 fully saturated rings. The molecule has 0 aromatic carbocycles. The molecule has 31 heavy (non-hydrogen) atoms. The van der Waals surface area contributed by atoms with E-state index in [1.165, 1.54) is 0 Å². The van der Waals surface area contributed by atoms with E-state index in [1.54, 1.807) is 0 Å². The summed E-state index contributed by atoms with van der Waals surface area (Å²) in [7, 11) is 0. The molecule has 0 bridgehead atoms. The molecule has 0 unspecified atom stereocenters. The minimum Gasteiger partial charge on any atom is -0.464 e. The van der Waals surface area contributed by atoms with Crippen molar-refractivity contribution in [3.63, 3.8) is 0 Å². The number of nitrogens with one attached hydrogen (secondary N) is 2. The van der Waals surface area contributed by atoms with E-state index < -0.39 is 12.0 Å². The number of likely N-dealkylation sites (tertiary alicyclic amines) is 1. The summed E-state index contributed by atoms with van der Waals surface area (Å²) in [5.74, 6) is 2.58. The number of hydrogen-bond donors (Lipinski definition) is 2. The number of carbonyl (C=O) groups is 3. The minimum atomic E-state index is -0.837. The van der Waals surface area contributed by atoms with Crippen molar-refractivity contribution in [2.75, 3.05) is 32.8 Å². The Morgan fingerprint density at radius 3 is 2.65 bits per heavy atom. The third-order valence-corrected chi connectivity index (χ3v) is 6.23. The zero-order chi connectivity index (χ0) is 22.6. The van der Waals surface area contributed by atoms with E-state index in [-0.39, 0.29) is 24.2 Å². The summed E-state index contributed by atoms with van der Waals surface area (Å²) < 4.78 is 5.29. The van der Waals surface area contributed by atoms with E-state index in [9.17, 15) is 14.4 Å². The highest BCUT2D eigenvalue weighted by Gasteiger charge is 2.31. The maximum atomic E-state index is 12.8. The Bertz CT molecular complexity index is 637. The van der Waals surface area contributed by atoms with Gasteiger partial charge in [0.05, 0.1) is 12.5 Å². The molecule has 0 radical (unpaired) electrons. The van der Waals surface area contributed by atoms with Crippen molar-refractivity contribution < 1.29 is 19.1 Å². The van der Waals surface area contributed by atoms with Gasteiger partial charge in [0.15, 0.2) is 0 Å². The Labute approximate surface area is 187 Å². The topological polar surface area (TPSA) is 87.7 Å². The Balaban J connectivity index is 1.81. The van der Waals surface area contributed by atoms with Crippen molar-refractivity contribution in [1.82, 2.24) is 15.5 Å². The molecule has 0 aromatic heterocycles. The fourth-order valence-electron chi connectivity index (χ4n) is 4.17. The number of esters is 1. The zero-order valence-corrected chi connectivity index (χ0v) is 19.2. The monoisotopic (exact) mass is 433 g/mol. The lowest BCUT2D eigenvalue weighted by molar-refractivity contribution is -0.149. The van der Waals surface area contributed by atoms with Gasteiger partial charge in [0.1, 0.15) is 6.04 Å². The van der Waals surface area contributed by atoms with Crippen molar-refractivity contribution in [2.24, 2.45) is 17.8 Å². The first-order chi connectivity index (χ1) is 14.9. The molecule has 0 aliphatic carbocycles. The number of nitrogens with zero attached hydrogens (tertiary/aromatic N) is 1. The molecule has 2 saturated heterocycles. The van der Waals surface area contributed by atoms with Crippen LogP contribution in [0.1, 0.15) is 65.2 Å². The fraction of sp³-hybridized carbons (Fsp3) is 0.792. The maximum absolute atomic E-state index is 12.8. The van der Waals surface area contributed by atoms with Crippen LogP contribution >= 0.6 is 0 Å². The molecule has 7 heteroatoms. The van der Waals surface area contributed by atoms with Crippen LogP contribution in [0.2, 0.25) is 0 Å². The predicted molar refractivity (Wildman–Crippen MR) is 120 cm³/mol. The molecule has 2 aliphatic heterocycles. The second-order valence-electron chi connectivity index (χ2n) is 9.23. The summed E-state index contributed by atoms with van der Waals surface area (Å²) in [4.78, 5) is 39.7. The first-order valence-corrected chi connectivity index (χ1v) is 11.8. The normalized spacial score (nSPS) is 20.7. The van der Waals surface area contributed by atoms with Gasteiger partial charge in [0.2, 0.25) is 11.8 Å². The molecule has 2 heterocycles. The van der Waals surface area contributed by atoms with Crippen molar-refractivity contribution in [2.45, 2.75) is 71.3 Å². The molecule has 2 aliphatic rings. The molecule has 0 aromatic rings. The highest BCUT2D eigenvalue weighted by molar-refractivity contribution is 5.86. The van der Waals surface area contributed by atoms with Crippen LogP contribution in [0.4, 0.5) is 0 Å². The summed E-state index contributed by atoms with van der Waals surface area (Å²) in [6.45, 7) is 7.58. The van der Waals surface area contributed by atoms with Crippen molar-refractivity contribution in [1.29, 1.82) is 0 Å². The van der Waals surface area contributed by atoms with Crippen molar-refractivity contribution >= 4 is 17.8 Å². The van der Waals surface area contributed by atoms with Gasteiger partial charge in [-0.2, -0.15) is 0 Å². The largest absolute Gasteiger partial charge is 0.464 e. The lowest BCUT2D eigenvalue weighted by atomic mass is 9.92. The Kier molecular flexibility index (Phi) is 10.9. The second-order valence-corrected chi connectivity index (χ2v) is 9.23. The summed E-state index contributed by atoms with van der Waals surface area (Å²) >= 11 is 0. The van der Waals surface area contributed by atoms with Gasteiger partial charge in [0, 0.05) is 25.9 Å². The van der Waals surface area contributed by atoms with Gasteiger partial charge >= 0.3 is 5.97 Å². The summed E-state index contributed by atoms with van der Waals surface area (Å²) in [6, 6.07) is -0.837. The van der Waals surface area contributed by atoms with Gasteiger partial charge in [-0.1, -0.05) is 13.8 Å². The average Bonchev–Trinajstić information content (AvgIpc) is 2.77. The van der Waals surface area contributed by atoms with Gasteiger partial charge in [-0.15, -0.1) is 12.3 Å². The Hall–Kier alpha value is -2.07. The van der Waals surface area contributed by atoms with Crippen molar-refractivity contribution in [3.8, 4) is 12.3 Å². The smallest absolute Gasteiger partial charge is 0.329 e. The van der Waals surface area contributed by atoms with Gasteiger partial charge in [-0.25, -0.2) is 4.79 Å². The number of rotatable bonds is 10. The van der Waals surface area contributed by atoms with Gasteiger partial charge in [-0.3, -0.25) is 9.59 Å². The maximum Gasteiger partial charge on any atom is 0.329 e. The predicted octanol–water partition coefficient (Wildman–Crippen LogP) is 2.10. The first kappa shape index (κ1) is 25.2. The zero-order valence-electron chi connectivity index (χ0n) is 19.2. The van der Waals surface area contributed by atoms with Crippen LogP contribution in [0.25, 0.3) is 0 Å². The molecule has 7 nitrogen and oxygen atoms in total. The highest BCUT2D eigenvalue weighted by Crippen LogP contribution is 2.21. The van der Waals surface area contributed by atoms with E-state index in [0.717, 1.165) is 45.2 Å². The van der Waals surface area contributed by atoms with Crippen LogP contribution in [0.5, 0.6) is 0 Å². The average molecular weight is 434 g/mol. The molecular weight excluding hydrogens is 394 g/mol. The van der Waals surface area contributed by atoms with E-state index in [0.29, 0.717) is 44.4 Å². The number of ether oxygens (including phenoxy) is 1. The summed E-state index contributed by atoms with van der Waals surface area (Å²) in [6.07, 6.45) is 11.5. The number of piperidine rings is 2. The lowest BCUT2D eigenvalue weighted by Crippen LogP contribution is -2.49. The second kappa shape index (κ2) is 13.4. The SMILES string of the molecule is C#CC[C@H](NC(=O)[C@@H]1CCCN(C(=O)CCC2CCNCC2)C1)C(=O)OCCC(C)C. The standard InChI is InChI=1S/C24H39N3O4/c1-4-6-21(24(30)31-16-12-18(2)3)26-23(29)20-7-5-15-27(17-20)22(28)9-8-19-10-13-25-14-11-19/h1,18-21,25H,5-17H2,2-3H3,(H,26,29)/t20-,21+/m1/s1. The van der Waals surface area contributed by atoms with E-state index in [2.05, 4.69) is 30.4 Å². The van der Waals surface area contributed by atoms with E-state index in [4.69, 9.17) is 11.2 Å². The number of amides is 2. The molecule has 0 spiro atoms. The van der Waals surface area contributed by atoms with Crippen LogP contribution in [0.15, 0.2) is 0 Å². The molecular formula is C24H39N3O4. The summed E-state index contributed by atoms with van der Waals surface area (Å²) in [5, 5.41) is 6.12. The van der Waals surface area contributed by atoms with Crippen LogP contribution < -0.4 is 10.6 Å². The lowest BCUT2D eigenvalue weighted by Gasteiger charge is -2.33. The molecule has 174 valence electrons. The molecule has 2 atom stereocenters. The quantitative estimate of drug-likeness (QED) is 0.407. The van der Waals surface area contributed by atoms with Crippen molar-refractivity contribution in [3.05, 3.63) is 0 Å². The van der Waals surface area contributed by atoms with E-state index in [1.807, 2.05) is 4.90 Å². The molecule has 2 N–H and O–H groups in total. The van der Waals surface area contributed by atoms with Gasteiger partial charge < -0.3 is 20.3 Å². The molecule has 2 rings (SSSR count). The first-order valence-electron chi connectivity index (χ1n) is 11.8. The highest BCUT2D eigenvalue weighted by atomic mass is 16.5. The third-order valence-electron chi connectivity index (χ3n) is 6.23. The van der Waals surface area contributed by atoms with Gasteiger partial charge in [0.25, 0.3) is 0 Å². The number of carbonyl (C=O) groups excluding carboxylic acids is 3. The summed E-state index contributed by atoms with van der Waals surface area (Å²) in [5.41, 5.74) is 0. The van der Waals surface area contributed by atoms with Crippen LogP contribution in [-0.4, -0.2) is 61.5 Å². The van der Waals surface area contributed by atoms with Crippen LogP contribution in [-0.2, 0) is 19.1 Å². The molecule has 2 amide bonds. The molecule has 0 saturated carbocycles.